The Morgan fingerprint density at radius 1 is 1.50 bits per heavy atom. The maximum absolute atomic E-state index is 5.51. The SMILES string of the molecule is CCc1cn(CCCN)c(C(C)C)n1. The first kappa shape index (κ1) is 11.2. The molecular formula is C11H21N3. The highest BCUT2D eigenvalue weighted by Gasteiger charge is 2.09. The van der Waals surface area contributed by atoms with Gasteiger partial charge in [0.05, 0.1) is 5.69 Å². The van der Waals surface area contributed by atoms with Gasteiger partial charge in [-0.2, -0.15) is 0 Å². The van der Waals surface area contributed by atoms with Crippen LogP contribution in [0.3, 0.4) is 0 Å². The standard InChI is InChI=1S/C11H21N3/c1-4-10-8-14(7-5-6-12)11(13-10)9(2)3/h8-9H,4-7,12H2,1-3H3. The monoisotopic (exact) mass is 195 g/mol. The van der Waals surface area contributed by atoms with Gasteiger partial charge in [0, 0.05) is 18.7 Å². The molecule has 0 aliphatic carbocycles. The molecule has 3 nitrogen and oxygen atoms in total. The molecule has 0 saturated heterocycles. The van der Waals surface area contributed by atoms with Crippen molar-refractivity contribution in [1.29, 1.82) is 0 Å². The summed E-state index contributed by atoms with van der Waals surface area (Å²) in [5.74, 6) is 1.68. The molecule has 0 aromatic carbocycles. The third-order valence-electron chi connectivity index (χ3n) is 2.34. The number of aromatic nitrogens is 2. The Labute approximate surface area is 86.3 Å². The van der Waals surface area contributed by atoms with Gasteiger partial charge in [0.2, 0.25) is 0 Å². The molecule has 80 valence electrons. The van der Waals surface area contributed by atoms with Gasteiger partial charge in [-0.05, 0) is 19.4 Å². The van der Waals surface area contributed by atoms with E-state index >= 15 is 0 Å². The molecule has 0 spiro atoms. The Morgan fingerprint density at radius 3 is 2.71 bits per heavy atom. The number of nitrogens with two attached hydrogens (primary N) is 1. The van der Waals surface area contributed by atoms with E-state index < -0.39 is 0 Å². The van der Waals surface area contributed by atoms with Crippen molar-refractivity contribution in [2.45, 2.75) is 46.1 Å². The average molecular weight is 195 g/mol. The van der Waals surface area contributed by atoms with Crippen molar-refractivity contribution >= 4 is 0 Å². The summed E-state index contributed by atoms with van der Waals surface area (Å²) >= 11 is 0. The van der Waals surface area contributed by atoms with Crippen LogP contribution < -0.4 is 5.73 Å². The molecule has 14 heavy (non-hydrogen) atoms. The van der Waals surface area contributed by atoms with E-state index in [4.69, 9.17) is 5.73 Å². The predicted molar refractivity (Wildman–Crippen MR) is 59.4 cm³/mol. The molecule has 0 unspecified atom stereocenters. The lowest BCUT2D eigenvalue weighted by molar-refractivity contribution is 0.594. The molecule has 2 N–H and O–H groups in total. The molecule has 0 radical (unpaired) electrons. The van der Waals surface area contributed by atoms with E-state index in [9.17, 15) is 0 Å². The Kier molecular flexibility index (Phi) is 4.14. The number of nitrogens with zero attached hydrogens (tertiary/aromatic N) is 2. The highest BCUT2D eigenvalue weighted by atomic mass is 15.1. The normalized spacial score (nSPS) is 11.2. The van der Waals surface area contributed by atoms with E-state index in [2.05, 4.69) is 36.5 Å². The van der Waals surface area contributed by atoms with Crippen LogP contribution in [0.5, 0.6) is 0 Å². The van der Waals surface area contributed by atoms with Crippen LogP contribution in [-0.4, -0.2) is 16.1 Å². The van der Waals surface area contributed by atoms with Crippen molar-refractivity contribution in [2.24, 2.45) is 5.73 Å². The molecule has 1 aromatic rings. The van der Waals surface area contributed by atoms with Crippen molar-refractivity contribution in [2.75, 3.05) is 6.54 Å². The molecule has 3 heteroatoms. The van der Waals surface area contributed by atoms with Gasteiger partial charge in [-0.1, -0.05) is 20.8 Å². The lowest BCUT2D eigenvalue weighted by Gasteiger charge is -2.08. The Balaban J connectivity index is 2.82. The number of hydrogen-bond acceptors (Lipinski definition) is 2. The van der Waals surface area contributed by atoms with Gasteiger partial charge >= 0.3 is 0 Å². The van der Waals surface area contributed by atoms with Crippen molar-refractivity contribution < 1.29 is 0 Å². The van der Waals surface area contributed by atoms with Crippen molar-refractivity contribution in [3.8, 4) is 0 Å². The van der Waals surface area contributed by atoms with Crippen LogP contribution in [-0.2, 0) is 13.0 Å². The smallest absolute Gasteiger partial charge is 0.111 e. The van der Waals surface area contributed by atoms with Crippen molar-refractivity contribution in [3.05, 3.63) is 17.7 Å². The summed E-state index contributed by atoms with van der Waals surface area (Å²) in [4.78, 5) is 4.60. The van der Waals surface area contributed by atoms with E-state index in [1.54, 1.807) is 0 Å². The predicted octanol–water partition coefficient (Wildman–Crippen LogP) is 1.92. The van der Waals surface area contributed by atoms with Gasteiger partial charge in [0.1, 0.15) is 5.82 Å². The summed E-state index contributed by atoms with van der Waals surface area (Å²) < 4.78 is 2.25. The fraction of sp³-hybridized carbons (Fsp3) is 0.727. The van der Waals surface area contributed by atoms with E-state index in [-0.39, 0.29) is 0 Å². The van der Waals surface area contributed by atoms with Gasteiger partial charge in [-0.25, -0.2) is 4.98 Å². The molecule has 0 fully saturated rings. The molecular weight excluding hydrogens is 174 g/mol. The van der Waals surface area contributed by atoms with E-state index in [1.807, 2.05) is 0 Å². The highest BCUT2D eigenvalue weighted by Crippen LogP contribution is 2.14. The zero-order chi connectivity index (χ0) is 10.6. The fourth-order valence-electron chi connectivity index (χ4n) is 1.56. The Morgan fingerprint density at radius 2 is 2.21 bits per heavy atom. The highest BCUT2D eigenvalue weighted by molar-refractivity contribution is 5.07. The topological polar surface area (TPSA) is 43.8 Å². The first-order valence-corrected chi connectivity index (χ1v) is 5.45. The third kappa shape index (κ3) is 2.58. The average Bonchev–Trinajstić information content (AvgIpc) is 2.58. The molecule has 1 aromatic heterocycles. The van der Waals surface area contributed by atoms with E-state index in [0.717, 1.165) is 25.9 Å². The second kappa shape index (κ2) is 5.15. The first-order valence-electron chi connectivity index (χ1n) is 5.45. The van der Waals surface area contributed by atoms with Crippen molar-refractivity contribution in [3.63, 3.8) is 0 Å². The van der Waals surface area contributed by atoms with Crippen LogP contribution in [0.2, 0.25) is 0 Å². The van der Waals surface area contributed by atoms with Gasteiger partial charge < -0.3 is 10.3 Å². The minimum absolute atomic E-state index is 0.494. The fourth-order valence-corrected chi connectivity index (χ4v) is 1.56. The van der Waals surface area contributed by atoms with Crippen LogP contribution in [0, 0.1) is 0 Å². The summed E-state index contributed by atoms with van der Waals surface area (Å²) in [6.45, 7) is 8.25. The molecule has 1 heterocycles. The minimum atomic E-state index is 0.494. The van der Waals surface area contributed by atoms with Gasteiger partial charge in [-0.15, -0.1) is 0 Å². The Hall–Kier alpha value is -0.830. The maximum Gasteiger partial charge on any atom is 0.111 e. The zero-order valence-corrected chi connectivity index (χ0v) is 9.45. The number of imidazole rings is 1. The Bertz CT molecular complexity index is 276. The quantitative estimate of drug-likeness (QED) is 0.780. The number of aryl methyl sites for hydroxylation is 2. The summed E-state index contributed by atoms with van der Waals surface area (Å²) in [5, 5.41) is 0. The summed E-state index contributed by atoms with van der Waals surface area (Å²) in [7, 11) is 0. The zero-order valence-electron chi connectivity index (χ0n) is 9.45. The van der Waals surface area contributed by atoms with Crippen molar-refractivity contribution in [1.82, 2.24) is 9.55 Å². The molecule has 1 rings (SSSR count). The molecule has 0 aliphatic heterocycles. The first-order chi connectivity index (χ1) is 6.69. The van der Waals surface area contributed by atoms with Crippen LogP contribution >= 0.6 is 0 Å². The molecule has 0 atom stereocenters. The van der Waals surface area contributed by atoms with Crippen LogP contribution in [0.1, 0.15) is 44.6 Å². The van der Waals surface area contributed by atoms with E-state index in [1.165, 1.54) is 11.5 Å². The summed E-state index contributed by atoms with van der Waals surface area (Å²) in [6, 6.07) is 0. The van der Waals surface area contributed by atoms with Crippen LogP contribution in [0.4, 0.5) is 0 Å². The second-order valence-electron chi connectivity index (χ2n) is 3.93. The van der Waals surface area contributed by atoms with Crippen LogP contribution in [0.25, 0.3) is 0 Å². The minimum Gasteiger partial charge on any atom is -0.334 e. The lowest BCUT2D eigenvalue weighted by atomic mass is 10.2. The number of hydrogen-bond donors (Lipinski definition) is 1. The maximum atomic E-state index is 5.51. The second-order valence-corrected chi connectivity index (χ2v) is 3.93. The number of rotatable bonds is 5. The molecule has 0 amide bonds. The van der Waals surface area contributed by atoms with Gasteiger partial charge in [0.15, 0.2) is 0 Å². The molecule has 0 aliphatic rings. The van der Waals surface area contributed by atoms with E-state index in [0.29, 0.717) is 5.92 Å². The largest absolute Gasteiger partial charge is 0.334 e. The summed E-state index contributed by atoms with van der Waals surface area (Å²) in [5.41, 5.74) is 6.69. The van der Waals surface area contributed by atoms with Gasteiger partial charge in [-0.3, -0.25) is 0 Å². The lowest BCUT2D eigenvalue weighted by Crippen LogP contribution is -2.08. The molecule has 0 saturated carbocycles. The molecule has 0 bridgehead atoms. The van der Waals surface area contributed by atoms with Gasteiger partial charge in [0.25, 0.3) is 0 Å². The summed E-state index contributed by atoms with van der Waals surface area (Å²) in [6.07, 6.45) is 4.19. The third-order valence-corrected chi connectivity index (χ3v) is 2.34. The van der Waals surface area contributed by atoms with Crippen LogP contribution in [0.15, 0.2) is 6.20 Å².